The van der Waals surface area contributed by atoms with E-state index in [-0.39, 0.29) is 5.92 Å². The highest BCUT2D eigenvalue weighted by Crippen LogP contribution is 2.22. The number of halogens is 1. The third-order valence-electron chi connectivity index (χ3n) is 2.32. The van der Waals surface area contributed by atoms with Crippen molar-refractivity contribution in [1.82, 2.24) is 4.98 Å². The van der Waals surface area contributed by atoms with Gasteiger partial charge in [-0.1, -0.05) is 29.8 Å². The van der Waals surface area contributed by atoms with Crippen LogP contribution in [0.15, 0.2) is 48.7 Å². The van der Waals surface area contributed by atoms with Crippen LogP contribution in [-0.4, -0.2) is 4.98 Å². The van der Waals surface area contributed by atoms with E-state index < -0.39 is 0 Å². The molecule has 0 N–H and O–H groups in total. The van der Waals surface area contributed by atoms with Gasteiger partial charge in [0.1, 0.15) is 0 Å². The molecule has 15 heavy (non-hydrogen) atoms. The fraction of sp³-hybridized carbons (Fsp3) is 0.0769. The molecular formula is C13H11ClN. The second-order valence-electron chi connectivity index (χ2n) is 3.36. The SMILES string of the molecule is [CH2]C(c1ccc(Cl)cc1)c1ccccn1. The van der Waals surface area contributed by atoms with Gasteiger partial charge in [0.2, 0.25) is 0 Å². The Kier molecular flexibility index (Phi) is 3.02. The van der Waals surface area contributed by atoms with Gasteiger partial charge < -0.3 is 0 Å². The van der Waals surface area contributed by atoms with Crippen LogP contribution < -0.4 is 0 Å². The lowest BCUT2D eigenvalue weighted by Gasteiger charge is -2.10. The first-order valence-electron chi connectivity index (χ1n) is 4.77. The minimum Gasteiger partial charge on any atom is -0.261 e. The van der Waals surface area contributed by atoms with E-state index in [9.17, 15) is 0 Å². The molecule has 0 bridgehead atoms. The summed E-state index contributed by atoms with van der Waals surface area (Å²) in [6.45, 7) is 4.10. The van der Waals surface area contributed by atoms with E-state index in [2.05, 4.69) is 11.9 Å². The fourth-order valence-electron chi connectivity index (χ4n) is 1.45. The summed E-state index contributed by atoms with van der Waals surface area (Å²) in [5.74, 6) is 0.0588. The summed E-state index contributed by atoms with van der Waals surface area (Å²) in [6, 6.07) is 13.6. The zero-order chi connectivity index (χ0) is 10.7. The van der Waals surface area contributed by atoms with E-state index in [0.29, 0.717) is 0 Å². The van der Waals surface area contributed by atoms with Crippen LogP contribution in [0, 0.1) is 6.92 Å². The molecule has 2 heteroatoms. The molecule has 1 aromatic heterocycles. The molecule has 0 saturated carbocycles. The van der Waals surface area contributed by atoms with Crippen molar-refractivity contribution in [1.29, 1.82) is 0 Å². The predicted molar refractivity (Wildman–Crippen MR) is 62.9 cm³/mol. The van der Waals surface area contributed by atoms with Gasteiger partial charge >= 0.3 is 0 Å². The molecule has 0 amide bonds. The van der Waals surface area contributed by atoms with Gasteiger partial charge in [-0.25, -0.2) is 0 Å². The van der Waals surface area contributed by atoms with Gasteiger partial charge in [0.25, 0.3) is 0 Å². The Morgan fingerprint density at radius 3 is 2.40 bits per heavy atom. The maximum Gasteiger partial charge on any atom is 0.0478 e. The van der Waals surface area contributed by atoms with Crippen LogP contribution in [0.5, 0.6) is 0 Å². The zero-order valence-corrected chi connectivity index (χ0v) is 8.98. The number of pyridine rings is 1. The van der Waals surface area contributed by atoms with Crippen molar-refractivity contribution in [3.63, 3.8) is 0 Å². The molecule has 1 heterocycles. The van der Waals surface area contributed by atoms with Crippen LogP contribution in [0.4, 0.5) is 0 Å². The number of benzene rings is 1. The Morgan fingerprint density at radius 1 is 1.07 bits per heavy atom. The van der Waals surface area contributed by atoms with Crippen molar-refractivity contribution in [2.24, 2.45) is 0 Å². The molecule has 0 saturated heterocycles. The van der Waals surface area contributed by atoms with Gasteiger partial charge in [-0.05, 0) is 36.8 Å². The normalized spacial score (nSPS) is 12.4. The largest absolute Gasteiger partial charge is 0.261 e. The predicted octanol–water partition coefficient (Wildman–Crippen LogP) is 3.70. The monoisotopic (exact) mass is 216 g/mol. The maximum atomic E-state index is 5.83. The topological polar surface area (TPSA) is 12.9 Å². The lowest BCUT2D eigenvalue weighted by Crippen LogP contribution is -1.98. The number of hydrogen-bond donors (Lipinski definition) is 0. The minimum atomic E-state index is 0.0588. The Hall–Kier alpha value is -1.34. The third kappa shape index (κ3) is 2.37. The van der Waals surface area contributed by atoms with Crippen molar-refractivity contribution in [3.8, 4) is 0 Å². The number of rotatable bonds is 2. The van der Waals surface area contributed by atoms with Crippen LogP contribution in [0.2, 0.25) is 5.02 Å². The smallest absolute Gasteiger partial charge is 0.0478 e. The Labute approximate surface area is 94.7 Å². The summed E-state index contributed by atoms with van der Waals surface area (Å²) in [5.41, 5.74) is 2.10. The van der Waals surface area contributed by atoms with Gasteiger partial charge in [-0.2, -0.15) is 0 Å². The minimum absolute atomic E-state index is 0.0588. The fourth-order valence-corrected chi connectivity index (χ4v) is 1.57. The van der Waals surface area contributed by atoms with Crippen LogP contribution in [0.1, 0.15) is 17.2 Å². The Morgan fingerprint density at radius 2 is 1.80 bits per heavy atom. The summed E-state index contributed by atoms with van der Waals surface area (Å²) in [5, 5.41) is 0.743. The summed E-state index contributed by atoms with van der Waals surface area (Å²) in [7, 11) is 0. The van der Waals surface area contributed by atoms with Crippen LogP contribution >= 0.6 is 11.6 Å². The molecule has 2 rings (SSSR count). The molecule has 0 aliphatic carbocycles. The molecule has 0 aliphatic rings. The van der Waals surface area contributed by atoms with Crippen LogP contribution in [-0.2, 0) is 0 Å². The van der Waals surface area contributed by atoms with Crippen molar-refractivity contribution in [3.05, 3.63) is 71.9 Å². The molecule has 1 aromatic carbocycles. The molecule has 1 radical (unpaired) electrons. The van der Waals surface area contributed by atoms with E-state index in [1.54, 1.807) is 6.20 Å². The van der Waals surface area contributed by atoms with Gasteiger partial charge in [-0.15, -0.1) is 0 Å². The van der Waals surface area contributed by atoms with Crippen LogP contribution in [0.3, 0.4) is 0 Å². The van der Waals surface area contributed by atoms with E-state index in [4.69, 9.17) is 11.6 Å². The molecule has 0 aliphatic heterocycles. The standard InChI is InChI=1S/C13H11ClN/c1-10(13-4-2-3-9-15-13)11-5-7-12(14)8-6-11/h2-10H,1H2. The Bertz CT molecular complexity index is 422. The molecule has 75 valence electrons. The molecule has 2 aromatic rings. The van der Waals surface area contributed by atoms with Gasteiger partial charge in [-0.3, -0.25) is 4.98 Å². The molecule has 0 spiro atoms. The van der Waals surface area contributed by atoms with Crippen molar-refractivity contribution in [2.45, 2.75) is 5.92 Å². The molecule has 1 atom stereocenters. The number of aromatic nitrogens is 1. The second kappa shape index (κ2) is 4.45. The third-order valence-corrected chi connectivity index (χ3v) is 2.57. The highest BCUT2D eigenvalue weighted by atomic mass is 35.5. The lowest BCUT2D eigenvalue weighted by atomic mass is 9.97. The molecule has 1 unspecified atom stereocenters. The summed E-state index contributed by atoms with van der Waals surface area (Å²) in [4.78, 5) is 4.28. The van der Waals surface area contributed by atoms with Gasteiger partial charge in [0.15, 0.2) is 0 Å². The first kappa shape index (κ1) is 10.2. The van der Waals surface area contributed by atoms with Gasteiger partial charge in [0, 0.05) is 22.8 Å². The highest BCUT2D eigenvalue weighted by molar-refractivity contribution is 6.30. The van der Waals surface area contributed by atoms with E-state index in [0.717, 1.165) is 16.3 Å². The number of nitrogens with zero attached hydrogens (tertiary/aromatic N) is 1. The van der Waals surface area contributed by atoms with E-state index in [1.165, 1.54) is 0 Å². The molecule has 1 nitrogen and oxygen atoms in total. The quantitative estimate of drug-likeness (QED) is 0.746. The van der Waals surface area contributed by atoms with Crippen LogP contribution in [0.25, 0.3) is 0 Å². The summed E-state index contributed by atoms with van der Waals surface area (Å²) >= 11 is 5.83. The summed E-state index contributed by atoms with van der Waals surface area (Å²) in [6.07, 6.45) is 1.78. The average Bonchev–Trinajstić information content (AvgIpc) is 2.30. The maximum absolute atomic E-state index is 5.83. The van der Waals surface area contributed by atoms with Crippen molar-refractivity contribution in [2.75, 3.05) is 0 Å². The second-order valence-corrected chi connectivity index (χ2v) is 3.80. The lowest BCUT2D eigenvalue weighted by molar-refractivity contribution is 0.952. The molecular weight excluding hydrogens is 206 g/mol. The number of hydrogen-bond acceptors (Lipinski definition) is 1. The highest BCUT2D eigenvalue weighted by Gasteiger charge is 2.08. The first-order chi connectivity index (χ1) is 7.27. The summed E-state index contributed by atoms with van der Waals surface area (Å²) < 4.78 is 0. The zero-order valence-electron chi connectivity index (χ0n) is 8.23. The van der Waals surface area contributed by atoms with Crippen molar-refractivity contribution >= 4 is 11.6 Å². The van der Waals surface area contributed by atoms with Crippen molar-refractivity contribution < 1.29 is 0 Å². The van der Waals surface area contributed by atoms with E-state index in [1.807, 2.05) is 42.5 Å². The van der Waals surface area contributed by atoms with E-state index >= 15 is 0 Å². The van der Waals surface area contributed by atoms with Gasteiger partial charge in [0.05, 0.1) is 0 Å². The first-order valence-corrected chi connectivity index (χ1v) is 5.14. The average molecular weight is 217 g/mol. The Balaban J connectivity index is 2.29. The molecule has 0 fully saturated rings.